The molecular weight excluding hydrogens is 464 g/mol. The van der Waals surface area contributed by atoms with E-state index >= 15 is 0 Å². The SMILES string of the molecule is O=C(O)c1cc(OCCCCCCOc2ccc(-c3ccccc3)cc2)ccc1OCc1ccccc1. The van der Waals surface area contributed by atoms with Crippen LogP contribution in [0.5, 0.6) is 17.2 Å². The monoisotopic (exact) mass is 496 g/mol. The molecule has 0 atom stereocenters. The highest BCUT2D eigenvalue weighted by molar-refractivity contribution is 5.91. The van der Waals surface area contributed by atoms with Gasteiger partial charge in [-0.2, -0.15) is 0 Å². The number of ether oxygens (including phenoxy) is 3. The van der Waals surface area contributed by atoms with E-state index in [9.17, 15) is 9.90 Å². The molecule has 190 valence electrons. The van der Waals surface area contributed by atoms with E-state index in [0.717, 1.165) is 37.0 Å². The lowest BCUT2D eigenvalue weighted by Crippen LogP contribution is -2.05. The van der Waals surface area contributed by atoms with Crippen LogP contribution in [-0.4, -0.2) is 24.3 Å². The lowest BCUT2D eigenvalue weighted by atomic mass is 10.1. The first kappa shape index (κ1) is 25.8. The largest absolute Gasteiger partial charge is 0.494 e. The van der Waals surface area contributed by atoms with Crippen LogP contribution in [0.4, 0.5) is 0 Å². The van der Waals surface area contributed by atoms with Gasteiger partial charge in [0, 0.05) is 0 Å². The summed E-state index contributed by atoms with van der Waals surface area (Å²) in [5.41, 5.74) is 3.45. The lowest BCUT2D eigenvalue weighted by molar-refractivity contribution is 0.0691. The van der Waals surface area contributed by atoms with Crippen molar-refractivity contribution in [2.45, 2.75) is 32.3 Å². The molecule has 0 bridgehead atoms. The van der Waals surface area contributed by atoms with Gasteiger partial charge in [0.2, 0.25) is 0 Å². The Bertz CT molecular complexity index is 1240. The predicted octanol–water partition coefficient (Wildman–Crippen LogP) is 7.65. The third-order valence-corrected chi connectivity index (χ3v) is 5.96. The summed E-state index contributed by atoms with van der Waals surface area (Å²) in [6.07, 6.45) is 3.91. The van der Waals surface area contributed by atoms with E-state index in [1.54, 1.807) is 12.1 Å². The number of benzene rings is 4. The molecule has 0 heterocycles. The fourth-order valence-corrected chi connectivity index (χ4v) is 3.94. The highest BCUT2D eigenvalue weighted by atomic mass is 16.5. The van der Waals surface area contributed by atoms with Gasteiger partial charge in [-0.3, -0.25) is 0 Å². The molecule has 0 unspecified atom stereocenters. The number of carboxylic acid groups (broad SMARTS) is 1. The van der Waals surface area contributed by atoms with Gasteiger partial charge in [0.05, 0.1) is 13.2 Å². The Hall–Kier alpha value is -4.25. The summed E-state index contributed by atoms with van der Waals surface area (Å²) >= 11 is 0. The van der Waals surface area contributed by atoms with E-state index in [1.165, 1.54) is 17.2 Å². The van der Waals surface area contributed by atoms with Gasteiger partial charge in [-0.05, 0) is 72.7 Å². The zero-order valence-electron chi connectivity index (χ0n) is 20.8. The number of hydrogen-bond acceptors (Lipinski definition) is 4. The van der Waals surface area contributed by atoms with Gasteiger partial charge >= 0.3 is 5.97 Å². The average molecular weight is 497 g/mol. The van der Waals surface area contributed by atoms with E-state index < -0.39 is 5.97 Å². The minimum absolute atomic E-state index is 0.0994. The minimum Gasteiger partial charge on any atom is -0.494 e. The van der Waals surface area contributed by atoms with Crippen molar-refractivity contribution >= 4 is 5.97 Å². The second kappa shape index (κ2) is 13.7. The summed E-state index contributed by atoms with van der Waals surface area (Å²) in [4.78, 5) is 11.7. The highest BCUT2D eigenvalue weighted by Gasteiger charge is 2.13. The molecule has 0 aliphatic heterocycles. The molecule has 5 nitrogen and oxygen atoms in total. The molecular formula is C32H32O5. The van der Waals surface area contributed by atoms with Gasteiger partial charge in [-0.15, -0.1) is 0 Å². The van der Waals surface area contributed by atoms with Crippen molar-refractivity contribution in [1.29, 1.82) is 0 Å². The number of unbranched alkanes of at least 4 members (excludes halogenated alkanes) is 3. The van der Waals surface area contributed by atoms with Crippen molar-refractivity contribution in [2.24, 2.45) is 0 Å². The van der Waals surface area contributed by atoms with Gasteiger partial charge in [0.1, 0.15) is 29.4 Å². The molecule has 4 aromatic rings. The second-order valence-corrected chi connectivity index (χ2v) is 8.74. The maximum absolute atomic E-state index is 11.7. The standard InChI is InChI=1S/C32H32O5/c33-32(34)30-23-29(19-20-31(30)37-24-25-11-5-3-6-12-25)36-22-10-2-1-9-21-35-28-17-15-27(16-18-28)26-13-7-4-8-14-26/h3-8,11-20,23H,1-2,9-10,21-22,24H2,(H,33,34). The Morgan fingerprint density at radius 1 is 0.595 bits per heavy atom. The fraction of sp³-hybridized carbons (Fsp3) is 0.219. The molecule has 37 heavy (non-hydrogen) atoms. The molecule has 0 amide bonds. The van der Waals surface area contributed by atoms with E-state index in [0.29, 0.717) is 31.3 Å². The van der Waals surface area contributed by atoms with Crippen LogP contribution < -0.4 is 14.2 Å². The van der Waals surface area contributed by atoms with Gasteiger partial charge in [0.15, 0.2) is 0 Å². The normalized spacial score (nSPS) is 10.6. The summed E-state index contributed by atoms with van der Waals surface area (Å²) in [7, 11) is 0. The molecule has 0 saturated heterocycles. The zero-order valence-corrected chi connectivity index (χ0v) is 20.8. The van der Waals surface area contributed by atoms with Crippen molar-refractivity contribution in [3.8, 4) is 28.4 Å². The Kier molecular flexibility index (Phi) is 9.59. The summed E-state index contributed by atoms with van der Waals surface area (Å²) in [5.74, 6) is 0.710. The van der Waals surface area contributed by atoms with Crippen LogP contribution in [0.1, 0.15) is 41.6 Å². The summed E-state index contributed by atoms with van der Waals surface area (Å²) < 4.78 is 17.4. The third kappa shape index (κ3) is 8.14. The first-order valence-electron chi connectivity index (χ1n) is 12.6. The van der Waals surface area contributed by atoms with Gasteiger partial charge in [-0.25, -0.2) is 4.79 Å². The zero-order chi connectivity index (χ0) is 25.7. The average Bonchev–Trinajstić information content (AvgIpc) is 2.95. The van der Waals surface area contributed by atoms with Crippen LogP contribution in [-0.2, 0) is 6.61 Å². The third-order valence-electron chi connectivity index (χ3n) is 5.96. The van der Waals surface area contributed by atoms with E-state index in [2.05, 4.69) is 24.3 Å². The molecule has 0 radical (unpaired) electrons. The Morgan fingerprint density at radius 3 is 1.81 bits per heavy atom. The number of rotatable bonds is 14. The minimum atomic E-state index is -1.04. The topological polar surface area (TPSA) is 65.0 Å². The predicted molar refractivity (Wildman–Crippen MR) is 146 cm³/mol. The summed E-state index contributed by atoms with van der Waals surface area (Å²) in [6.45, 7) is 1.52. The maximum Gasteiger partial charge on any atom is 0.339 e. The molecule has 4 rings (SSSR count). The number of carboxylic acids is 1. The number of hydrogen-bond donors (Lipinski definition) is 1. The fourth-order valence-electron chi connectivity index (χ4n) is 3.94. The molecule has 1 N–H and O–H groups in total. The van der Waals surface area contributed by atoms with Gasteiger partial charge in [0.25, 0.3) is 0 Å². The number of carbonyl (C=O) groups is 1. The van der Waals surface area contributed by atoms with Crippen molar-refractivity contribution in [3.05, 3.63) is 114 Å². The van der Waals surface area contributed by atoms with Crippen molar-refractivity contribution in [3.63, 3.8) is 0 Å². The molecule has 0 aliphatic rings. The first-order valence-corrected chi connectivity index (χ1v) is 12.6. The molecule has 4 aromatic carbocycles. The molecule has 5 heteroatoms. The molecule has 0 aliphatic carbocycles. The van der Waals surface area contributed by atoms with E-state index in [1.807, 2.05) is 60.7 Å². The molecule has 0 aromatic heterocycles. The van der Waals surface area contributed by atoms with E-state index in [4.69, 9.17) is 14.2 Å². The summed E-state index contributed by atoms with van der Waals surface area (Å²) in [6, 6.07) is 33.1. The van der Waals surface area contributed by atoms with Crippen LogP contribution in [0.2, 0.25) is 0 Å². The first-order chi connectivity index (χ1) is 18.2. The maximum atomic E-state index is 11.7. The lowest BCUT2D eigenvalue weighted by Gasteiger charge is -2.12. The second-order valence-electron chi connectivity index (χ2n) is 8.74. The van der Waals surface area contributed by atoms with Crippen LogP contribution in [0, 0.1) is 0 Å². The van der Waals surface area contributed by atoms with Crippen molar-refractivity contribution in [2.75, 3.05) is 13.2 Å². The van der Waals surface area contributed by atoms with Crippen LogP contribution >= 0.6 is 0 Å². The van der Waals surface area contributed by atoms with Gasteiger partial charge < -0.3 is 19.3 Å². The Morgan fingerprint density at radius 2 is 1.16 bits per heavy atom. The van der Waals surface area contributed by atoms with Crippen LogP contribution in [0.25, 0.3) is 11.1 Å². The highest BCUT2D eigenvalue weighted by Crippen LogP contribution is 2.26. The van der Waals surface area contributed by atoms with E-state index in [-0.39, 0.29) is 5.56 Å². The van der Waals surface area contributed by atoms with Gasteiger partial charge in [-0.1, -0.05) is 72.8 Å². The summed E-state index contributed by atoms with van der Waals surface area (Å²) in [5, 5.41) is 9.58. The molecule has 0 saturated carbocycles. The Balaban J connectivity index is 1.12. The smallest absolute Gasteiger partial charge is 0.339 e. The van der Waals surface area contributed by atoms with Crippen LogP contribution in [0.3, 0.4) is 0 Å². The molecule has 0 fully saturated rings. The molecule has 0 spiro atoms. The Labute approximate surface area is 218 Å². The van der Waals surface area contributed by atoms with Crippen LogP contribution in [0.15, 0.2) is 103 Å². The van der Waals surface area contributed by atoms with Crippen molar-refractivity contribution in [1.82, 2.24) is 0 Å². The quantitative estimate of drug-likeness (QED) is 0.182. The number of aromatic carboxylic acids is 1. The van der Waals surface area contributed by atoms with Crippen molar-refractivity contribution < 1.29 is 24.1 Å².